The Morgan fingerprint density at radius 3 is 1.52 bits per heavy atom. The van der Waals surface area contributed by atoms with Crippen LogP contribution >= 0.6 is 7.82 Å². The van der Waals surface area contributed by atoms with Gasteiger partial charge >= 0.3 is 13.8 Å². The van der Waals surface area contributed by atoms with Crippen molar-refractivity contribution in [1.82, 2.24) is 0 Å². The van der Waals surface area contributed by atoms with Crippen LogP contribution in [0, 0.1) is 0 Å². The molecule has 286 valence electrons. The van der Waals surface area contributed by atoms with Gasteiger partial charge in [-0.2, -0.15) is 0 Å². The van der Waals surface area contributed by atoms with Crippen molar-refractivity contribution in [3.05, 3.63) is 12.2 Å². The Morgan fingerprint density at radius 2 is 1.04 bits per heavy atom. The van der Waals surface area contributed by atoms with E-state index in [1.54, 1.807) is 0 Å². The number of allylic oxidation sites excluding steroid dienone is 2. The van der Waals surface area contributed by atoms with Crippen LogP contribution in [0.25, 0.3) is 0 Å². The quantitative estimate of drug-likeness (QED) is 0.0281. The monoisotopic (exact) mass is 704 g/mol. The third kappa shape index (κ3) is 36.5. The first-order valence-electron chi connectivity index (χ1n) is 20.2. The van der Waals surface area contributed by atoms with E-state index in [1.807, 2.05) is 0 Å². The minimum absolute atomic E-state index is 0.0939. The van der Waals surface area contributed by atoms with Crippen molar-refractivity contribution in [2.75, 3.05) is 33.0 Å². The van der Waals surface area contributed by atoms with Gasteiger partial charge in [-0.1, -0.05) is 161 Å². The summed E-state index contributed by atoms with van der Waals surface area (Å²) in [5.74, 6) is -0.336. The van der Waals surface area contributed by atoms with E-state index in [0.717, 1.165) is 44.9 Å². The van der Waals surface area contributed by atoms with Crippen molar-refractivity contribution in [3.8, 4) is 0 Å². The van der Waals surface area contributed by atoms with E-state index in [2.05, 4.69) is 26.0 Å². The van der Waals surface area contributed by atoms with Gasteiger partial charge in [0.2, 0.25) is 0 Å². The Kier molecular flexibility index (Phi) is 36.9. The van der Waals surface area contributed by atoms with E-state index >= 15 is 0 Å². The molecule has 0 aromatic rings. The van der Waals surface area contributed by atoms with Gasteiger partial charge in [0, 0.05) is 19.6 Å². The van der Waals surface area contributed by atoms with Crippen LogP contribution in [0.2, 0.25) is 0 Å². The minimum atomic E-state index is -4.27. The lowest BCUT2D eigenvalue weighted by Gasteiger charge is -2.20. The molecule has 0 amide bonds. The Labute approximate surface area is 296 Å². The largest absolute Gasteiger partial charge is 0.472 e. The molecule has 0 fully saturated rings. The molecule has 0 aliphatic rings. The van der Waals surface area contributed by atoms with Crippen LogP contribution in [0.5, 0.6) is 0 Å². The van der Waals surface area contributed by atoms with Crippen molar-refractivity contribution < 1.29 is 32.8 Å². The van der Waals surface area contributed by atoms with Gasteiger partial charge in [0.25, 0.3) is 0 Å². The maximum absolute atomic E-state index is 12.5. The zero-order chi connectivity index (χ0) is 35.2. The summed E-state index contributed by atoms with van der Waals surface area (Å²) in [6.45, 7) is 4.93. The highest BCUT2D eigenvalue weighted by Crippen LogP contribution is 2.43. The summed E-state index contributed by atoms with van der Waals surface area (Å²) >= 11 is 0. The Morgan fingerprint density at radius 1 is 0.604 bits per heavy atom. The van der Waals surface area contributed by atoms with Crippen molar-refractivity contribution in [3.63, 3.8) is 0 Å². The number of carbonyl (C=O) groups is 1. The fourth-order valence-corrected chi connectivity index (χ4v) is 6.46. The third-order valence-corrected chi connectivity index (χ3v) is 9.67. The van der Waals surface area contributed by atoms with Crippen LogP contribution in [0.15, 0.2) is 12.2 Å². The highest BCUT2D eigenvalue weighted by Gasteiger charge is 2.25. The molecule has 8 nitrogen and oxygen atoms in total. The molecule has 0 bridgehead atoms. The minimum Gasteiger partial charge on any atom is -0.457 e. The smallest absolute Gasteiger partial charge is 0.457 e. The standard InChI is InChI=1S/C39H78NO7P/c1-3-5-7-9-11-13-15-17-19-20-22-24-26-28-30-32-39(41)47-38(37-46-48(42,43)45-35-33-40)36-44-34-31-29-27-25-23-21-18-16-14-12-10-8-6-4-2/h17,19,38H,3-16,18,20-37,40H2,1-2H3,(H,42,43). The van der Waals surface area contributed by atoms with Crippen LogP contribution in [0.3, 0.4) is 0 Å². The molecular weight excluding hydrogens is 625 g/mol. The molecule has 0 saturated carbocycles. The summed E-state index contributed by atoms with van der Waals surface area (Å²) < 4.78 is 33.3. The maximum atomic E-state index is 12.5. The number of esters is 1. The normalized spacial score (nSPS) is 13.7. The van der Waals surface area contributed by atoms with Crippen molar-refractivity contribution in [1.29, 1.82) is 0 Å². The molecule has 0 aromatic carbocycles. The molecule has 0 rings (SSSR count). The zero-order valence-corrected chi connectivity index (χ0v) is 32.4. The first kappa shape index (κ1) is 47.2. The van der Waals surface area contributed by atoms with Crippen molar-refractivity contribution >= 4 is 13.8 Å². The molecule has 0 aliphatic carbocycles. The average Bonchev–Trinajstić information content (AvgIpc) is 3.07. The summed E-state index contributed by atoms with van der Waals surface area (Å²) in [7, 11) is -4.27. The Bertz CT molecular complexity index is 752. The lowest BCUT2D eigenvalue weighted by atomic mass is 10.0. The number of phosphoric ester groups is 1. The lowest BCUT2D eigenvalue weighted by Crippen LogP contribution is -2.28. The van der Waals surface area contributed by atoms with Gasteiger partial charge < -0.3 is 20.1 Å². The SMILES string of the molecule is CCCCCCCCC=CCCCCCCCC(=O)OC(COCCCCCCCCCCCCCCCC)COP(=O)(O)OCCN. The number of hydrogen-bond acceptors (Lipinski definition) is 7. The molecular formula is C39H78NO7P. The number of hydrogen-bond donors (Lipinski definition) is 2. The van der Waals surface area contributed by atoms with Gasteiger partial charge in [-0.15, -0.1) is 0 Å². The molecule has 0 radical (unpaired) electrons. The topological polar surface area (TPSA) is 117 Å². The molecule has 2 unspecified atom stereocenters. The van der Waals surface area contributed by atoms with E-state index in [4.69, 9.17) is 24.3 Å². The summed E-state index contributed by atoms with van der Waals surface area (Å²) in [6, 6.07) is 0. The third-order valence-electron chi connectivity index (χ3n) is 8.68. The molecule has 0 heterocycles. The van der Waals surface area contributed by atoms with E-state index in [0.29, 0.717) is 13.0 Å². The van der Waals surface area contributed by atoms with Crippen molar-refractivity contribution in [2.24, 2.45) is 5.73 Å². The van der Waals surface area contributed by atoms with Gasteiger partial charge in [-0.05, 0) is 38.5 Å². The van der Waals surface area contributed by atoms with Crippen LogP contribution in [-0.2, 0) is 27.9 Å². The van der Waals surface area contributed by atoms with Gasteiger partial charge in [-0.3, -0.25) is 13.8 Å². The molecule has 0 saturated heterocycles. The summed E-state index contributed by atoms with van der Waals surface area (Å²) in [5.41, 5.74) is 5.36. The van der Waals surface area contributed by atoms with Crippen LogP contribution in [0.4, 0.5) is 0 Å². The van der Waals surface area contributed by atoms with E-state index < -0.39 is 13.9 Å². The van der Waals surface area contributed by atoms with Crippen LogP contribution < -0.4 is 5.73 Å². The fraction of sp³-hybridized carbons (Fsp3) is 0.923. The number of ether oxygens (including phenoxy) is 2. The summed E-state index contributed by atoms with van der Waals surface area (Å²) in [4.78, 5) is 22.4. The van der Waals surface area contributed by atoms with Crippen LogP contribution in [-0.4, -0.2) is 49.9 Å². The lowest BCUT2D eigenvalue weighted by molar-refractivity contribution is -0.154. The molecule has 2 atom stereocenters. The van der Waals surface area contributed by atoms with E-state index in [-0.39, 0.29) is 32.3 Å². The predicted octanol–water partition coefficient (Wildman–Crippen LogP) is 11.5. The van der Waals surface area contributed by atoms with Gasteiger partial charge in [-0.25, -0.2) is 4.57 Å². The highest BCUT2D eigenvalue weighted by molar-refractivity contribution is 7.47. The zero-order valence-electron chi connectivity index (χ0n) is 31.5. The molecule has 3 N–H and O–H groups in total. The Balaban J connectivity index is 4.05. The average molecular weight is 704 g/mol. The van der Waals surface area contributed by atoms with E-state index in [9.17, 15) is 14.3 Å². The number of nitrogens with two attached hydrogens (primary N) is 1. The number of phosphoric acid groups is 1. The molecule has 48 heavy (non-hydrogen) atoms. The molecule has 9 heteroatoms. The van der Waals surface area contributed by atoms with Crippen molar-refractivity contribution in [2.45, 2.75) is 200 Å². The second-order valence-corrected chi connectivity index (χ2v) is 15.0. The predicted molar refractivity (Wildman–Crippen MR) is 201 cm³/mol. The number of rotatable bonds is 39. The molecule has 0 aromatic heterocycles. The summed E-state index contributed by atoms with van der Waals surface area (Å²) in [6.07, 6.45) is 37.9. The van der Waals surface area contributed by atoms with Gasteiger partial charge in [0.1, 0.15) is 6.10 Å². The molecule has 0 spiro atoms. The highest BCUT2D eigenvalue weighted by atomic mass is 31.2. The second-order valence-electron chi connectivity index (χ2n) is 13.5. The molecule has 0 aliphatic heterocycles. The maximum Gasteiger partial charge on any atom is 0.472 e. The number of carbonyl (C=O) groups excluding carboxylic acids is 1. The van der Waals surface area contributed by atoms with Gasteiger partial charge in [0.05, 0.1) is 19.8 Å². The summed E-state index contributed by atoms with van der Waals surface area (Å²) in [5, 5.41) is 0. The Hall–Kier alpha value is -0.760. The first-order valence-corrected chi connectivity index (χ1v) is 21.7. The van der Waals surface area contributed by atoms with Crippen LogP contribution in [0.1, 0.15) is 194 Å². The number of unbranched alkanes of at least 4 members (excludes halogenated alkanes) is 24. The first-order chi connectivity index (χ1) is 23.4. The fourth-order valence-electron chi connectivity index (χ4n) is 5.70. The van der Waals surface area contributed by atoms with E-state index in [1.165, 1.54) is 128 Å². The van der Waals surface area contributed by atoms with Gasteiger partial charge in [0.15, 0.2) is 0 Å². The second kappa shape index (κ2) is 37.5.